The van der Waals surface area contributed by atoms with Crippen LogP contribution in [0.3, 0.4) is 0 Å². The van der Waals surface area contributed by atoms with Crippen LogP contribution >= 0.6 is 0 Å². The van der Waals surface area contributed by atoms with Crippen molar-refractivity contribution in [1.29, 1.82) is 0 Å². The zero-order valence-electron chi connectivity index (χ0n) is 6.61. The molecule has 1 atom stereocenters. The van der Waals surface area contributed by atoms with Gasteiger partial charge in [0.05, 0.1) is 5.60 Å². The first-order valence-corrected chi connectivity index (χ1v) is 3.81. The van der Waals surface area contributed by atoms with E-state index in [4.69, 9.17) is 4.74 Å². The predicted molar refractivity (Wildman–Crippen MR) is 38.4 cm³/mol. The molecule has 1 heterocycles. The van der Waals surface area contributed by atoms with Crippen molar-refractivity contribution in [1.82, 2.24) is 0 Å². The maximum atomic E-state index is 5.54. The summed E-state index contributed by atoms with van der Waals surface area (Å²) in [5, 5.41) is 0. The van der Waals surface area contributed by atoms with Crippen LogP contribution in [0.4, 0.5) is 0 Å². The van der Waals surface area contributed by atoms with Gasteiger partial charge in [0.2, 0.25) is 0 Å². The molecule has 1 heteroatoms. The normalized spacial score (nSPS) is 33.0. The molecule has 0 aliphatic carbocycles. The molecule has 0 bridgehead atoms. The molecule has 0 aromatic rings. The van der Waals surface area contributed by atoms with Gasteiger partial charge in [-0.25, -0.2) is 0 Å². The summed E-state index contributed by atoms with van der Waals surface area (Å²) in [5.41, 5.74) is 0.161. The quantitative estimate of drug-likeness (QED) is 0.526. The molecule has 1 aliphatic heterocycles. The van der Waals surface area contributed by atoms with Crippen molar-refractivity contribution < 1.29 is 4.74 Å². The fourth-order valence-corrected chi connectivity index (χ4v) is 1.63. The van der Waals surface area contributed by atoms with Gasteiger partial charge in [0.25, 0.3) is 0 Å². The highest BCUT2D eigenvalue weighted by molar-refractivity contribution is 4.83. The van der Waals surface area contributed by atoms with Crippen molar-refractivity contribution >= 4 is 0 Å². The summed E-state index contributed by atoms with van der Waals surface area (Å²) < 4.78 is 5.54. The van der Waals surface area contributed by atoms with Crippen molar-refractivity contribution in [2.24, 2.45) is 5.92 Å². The highest BCUT2D eigenvalue weighted by Gasteiger charge is 2.33. The van der Waals surface area contributed by atoms with E-state index in [2.05, 4.69) is 20.8 Å². The summed E-state index contributed by atoms with van der Waals surface area (Å²) in [6.07, 6.45) is 2.51. The van der Waals surface area contributed by atoms with Gasteiger partial charge < -0.3 is 4.74 Å². The van der Waals surface area contributed by atoms with E-state index in [1.165, 1.54) is 12.8 Å². The molecular formula is C8H16O. The topological polar surface area (TPSA) is 9.23 Å². The van der Waals surface area contributed by atoms with Gasteiger partial charge in [-0.15, -0.1) is 0 Å². The van der Waals surface area contributed by atoms with E-state index in [1.807, 2.05) is 0 Å². The Morgan fingerprint density at radius 1 is 1.56 bits per heavy atom. The zero-order valence-corrected chi connectivity index (χ0v) is 6.61. The Hall–Kier alpha value is -0.0400. The smallest absolute Gasteiger partial charge is 0.0655 e. The molecule has 0 aromatic carbocycles. The zero-order chi connectivity index (χ0) is 6.91. The molecule has 0 amide bonds. The molecule has 1 unspecified atom stereocenters. The van der Waals surface area contributed by atoms with Crippen LogP contribution in [0.5, 0.6) is 0 Å². The molecule has 1 nitrogen and oxygen atoms in total. The molecule has 1 rings (SSSR count). The van der Waals surface area contributed by atoms with E-state index in [0.29, 0.717) is 0 Å². The van der Waals surface area contributed by atoms with Gasteiger partial charge in [-0.1, -0.05) is 13.3 Å². The third-order valence-electron chi connectivity index (χ3n) is 2.42. The highest BCUT2D eigenvalue weighted by atomic mass is 16.5. The largest absolute Gasteiger partial charge is 0.375 e. The molecular weight excluding hydrogens is 112 g/mol. The summed E-state index contributed by atoms with van der Waals surface area (Å²) >= 11 is 0. The van der Waals surface area contributed by atoms with Crippen LogP contribution in [0.1, 0.15) is 33.6 Å². The first-order chi connectivity index (χ1) is 4.17. The molecule has 1 saturated heterocycles. The summed E-state index contributed by atoms with van der Waals surface area (Å²) in [6, 6.07) is 0. The van der Waals surface area contributed by atoms with E-state index in [1.54, 1.807) is 0 Å². The Kier molecular flexibility index (Phi) is 1.80. The Balaban J connectivity index is 2.52. The van der Waals surface area contributed by atoms with Gasteiger partial charge in [0.15, 0.2) is 0 Å². The SMILES string of the molecule is CCC1CCOC1(C)C. The Labute approximate surface area is 57.4 Å². The Bertz CT molecular complexity index is 96.7. The van der Waals surface area contributed by atoms with E-state index < -0.39 is 0 Å². The molecule has 1 fully saturated rings. The maximum absolute atomic E-state index is 5.54. The minimum Gasteiger partial charge on any atom is -0.375 e. The van der Waals surface area contributed by atoms with E-state index in [9.17, 15) is 0 Å². The highest BCUT2D eigenvalue weighted by Crippen LogP contribution is 2.33. The molecule has 54 valence electrons. The number of hydrogen-bond acceptors (Lipinski definition) is 1. The molecule has 0 N–H and O–H groups in total. The van der Waals surface area contributed by atoms with Crippen molar-refractivity contribution in [2.45, 2.75) is 39.2 Å². The van der Waals surface area contributed by atoms with Gasteiger partial charge in [-0.05, 0) is 26.2 Å². The second-order valence-corrected chi connectivity index (χ2v) is 3.35. The van der Waals surface area contributed by atoms with Gasteiger partial charge >= 0.3 is 0 Å². The lowest BCUT2D eigenvalue weighted by Crippen LogP contribution is -2.26. The monoisotopic (exact) mass is 128 g/mol. The second kappa shape index (κ2) is 2.30. The minimum absolute atomic E-state index is 0.161. The van der Waals surface area contributed by atoms with Crippen molar-refractivity contribution in [3.8, 4) is 0 Å². The lowest BCUT2D eigenvalue weighted by atomic mass is 9.89. The minimum atomic E-state index is 0.161. The first-order valence-electron chi connectivity index (χ1n) is 3.81. The van der Waals surface area contributed by atoms with Gasteiger partial charge in [0, 0.05) is 6.61 Å². The standard InChI is InChI=1S/C8H16O/c1-4-7-5-6-9-8(7,2)3/h7H,4-6H2,1-3H3. The van der Waals surface area contributed by atoms with Crippen LogP contribution in [-0.4, -0.2) is 12.2 Å². The van der Waals surface area contributed by atoms with E-state index in [-0.39, 0.29) is 5.60 Å². The fraction of sp³-hybridized carbons (Fsp3) is 1.00. The van der Waals surface area contributed by atoms with Crippen LogP contribution in [0.25, 0.3) is 0 Å². The third kappa shape index (κ3) is 1.26. The Morgan fingerprint density at radius 3 is 2.44 bits per heavy atom. The first kappa shape index (κ1) is 7.07. The lowest BCUT2D eigenvalue weighted by Gasteiger charge is -2.24. The summed E-state index contributed by atoms with van der Waals surface area (Å²) in [7, 11) is 0. The Morgan fingerprint density at radius 2 is 2.22 bits per heavy atom. The second-order valence-electron chi connectivity index (χ2n) is 3.35. The van der Waals surface area contributed by atoms with Gasteiger partial charge in [-0.2, -0.15) is 0 Å². The fourth-order valence-electron chi connectivity index (χ4n) is 1.63. The molecule has 0 saturated carbocycles. The summed E-state index contributed by atoms with van der Waals surface area (Å²) in [6.45, 7) is 7.58. The predicted octanol–water partition coefficient (Wildman–Crippen LogP) is 2.21. The average molecular weight is 128 g/mol. The molecule has 0 spiro atoms. The van der Waals surface area contributed by atoms with Crippen LogP contribution in [0, 0.1) is 5.92 Å². The summed E-state index contributed by atoms with van der Waals surface area (Å²) in [4.78, 5) is 0. The van der Waals surface area contributed by atoms with Crippen LogP contribution < -0.4 is 0 Å². The lowest BCUT2D eigenvalue weighted by molar-refractivity contribution is 0.0104. The van der Waals surface area contributed by atoms with Gasteiger partial charge in [0.1, 0.15) is 0 Å². The maximum Gasteiger partial charge on any atom is 0.0655 e. The number of hydrogen-bond donors (Lipinski definition) is 0. The molecule has 9 heavy (non-hydrogen) atoms. The average Bonchev–Trinajstić information content (AvgIpc) is 2.08. The summed E-state index contributed by atoms with van der Waals surface area (Å²) in [5.74, 6) is 0.789. The van der Waals surface area contributed by atoms with E-state index >= 15 is 0 Å². The molecule has 1 aliphatic rings. The van der Waals surface area contributed by atoms with Crippen molar-refractivity contribution in [3.05, 3.63) is 0 Å². The molecule has 0 aromatic heterocycles. The van der Waals surface area contributed by atoms with Crippen molar-refractivity contribution in [3.63, 3.8) is 0 Å². The number of rotatable bonds is 1. The van der Waals surface area contributed by atoms with Crippen molar-refractivity contribution in [2.75, 3.05) is 6.61 Å². The number of ether oxygens (including phenoxy) is 1. The van der Waals surface area contributed by atoms with Crippen LogP contribution in [0.2, 0.25) is 0 Å². The van der Waals surface area contributed by atoms with E-state index in [0.717, 1.165) is 12.5 Å². The van der Waals surface area contributed by atoms with Crippen LogP contribution in [0.15, 0.2) is 0 Å². The molecule has 0 radical (unpaired) electrons. The third-order valence-corrected chi connectivity index (χ3v) is 2.42. The van der Waals surface area contributed by atoms with Crippen LogP contribution in [-0.2, 0) is 4.74 Å². The van der Waals surface area contributed by atoms with Gasteiger partial charge in [-0.3, -0.25) is 0 Å².